The van der Waals surface area contributed by atoms with E-state index in [1.54, 1.807) is 14.0 Å². The minimum absolute atomic E-state index is 0.0375. The Balaban J connectivity index is 2.33. The highest BCUT2D eigenvalue weighted by Gasteiger charge is 2.18. The summed E-state index contributed by atoms with van der Waals surface area (Å²) < 4.78 is 5.08. The van der Waals surface area contributed by atoms with Gasteiger partial charge in [0.1, 0.15) is 5.75 Å². The predicted octanol–water partition coefficient (Wildman–Crippen LogP) is 1.91. The highest BCUT2D eigenvalue weighted by Crippen LogP contribution is 2.12. The smallest absolute Gasteiger partial charge is 0.220 e. The van der Waals surface area contributed by atoms with E-state index in [0.29, 0.717) is 25.8 Å². The van der Waals surface area contributed by atoms with E-state index in [9.17, 15) is 9.90 Å². The molecule has 1 rings (SSSR count). The minimum atomic E-state index is -0.824. The maximum Gasteiger partial charge on any atom is 0.220 e. The quantitative estimate of drug-likeness (QED) is 0.791. The van der Waals surface area contributed by atoms with Crippen LogP contribution in [0.5, 0.6) is 5.75 Å². The normalized spacial score (nSPS) is 13.7. The zero-order chi connectivity index (χ0) is 14.3. The second-order valence-corrected chi connectivity index (χ2v) is 4.98. The highest BCUT2D eigenvalue weighted by atomic mass is 16.5. The molecule has 1 aromatic rings. The van der Waals surface area contributed by atoms with Crippen molar-refractivity contribution in [2.75, 3.05) is 13.7 Å². The first-order valence-corrected chi connectivity index (χ1v) is 6.59. The third-order valence-electron chi connectivity index (χ3n) is 3.23. The predicted molar refractivity (Wildman–Crippen MR) is 75.2 cm³/mol. The maximum absolute atomic E-state index is 11.7. The lowest BCUT2D eigenvalue weighted by Crippen LogP contribution is -2.40. The van der Waals surface area contributed by atoms with Gasteiger partial charge in [-0.1, -0.05) is 19.1 Å². The molecule has 0 aliphatic heterocycles. The van der Waals surface area contributed by atoms with Crippen molar-refractivity contribution in [2.24, 2.45) is 0 Å². The number of hydrogen-bond donors (Lipinski definition) is 2. The molecule has 4 heteroatoms. The fourth-order valence-electron chi connectivity index (χ4n) is 1.55. The van der Waals surface area contributed by atoms with Crippen LogP contribution in [-0.2, 0) is 11.2 Å². The second-order valence-electron chi connectivity index (χ2n) is 4.98. The van der Waals surface area contributed by atoms with Crippen LogP contribution in [0.25, 0.3) is 0 Å². The van der Waals surface area contributed by atoms with Gasteiger partial charge in [-0.25, -0.2) is 0 Å². The van der Waals surface area contributed by atoms with Crippen molar-refractivity contribution < 1.29 is 14.6 Å². The largest absolute Gasteiger partial charge is 0.497 e. The number of carbonyl (C=O) groups is 1. The number of methoxy groups -OCH3 is 1. The molecule has 0 heterocycles. The summed E-state index contributed by atoms with van der Waals surface area (Å²) in [4.78, 5) is 11.7. The second kappa shape index (κ2) is 7.14. The van der Waals surface area contributed by atoms with Crippen molar-refractivity contribution in [1.82, 2.24) is 5.32 Å². The first-order chi connectivity index (χ1) is 8.96. The molecule has 0 radical (unpaired) electrons. The van der Waals surface area contributed by atoms with Gasteiger partial charge in [-0.2, -0.15) is 0 Å². The van der Waals surface area contributed by atoms with Crippen molar-refractivity contribution in [2.45, 2.75) is 38.7 Å². The van der Waals surface area contributed by atoms with E-state index in [0.717, 1.165) is 11.3 Å². The van der Waals surface area contributed by atoms with Gasteiger partial charge in [0.25, 0.3) is 0 Å². The molecule has 0 aliphatic carbocycles. The van der Waals surface area contributed by atoms with Crippen LogP contribution in [0, 0.1) is 0 Å². The number of nitrogens with one attached hydrogen (secondary N) is 1. The van der Waals surface area contributed by atoms with Gasteiger partial charge in [-0.05, 0) is 37.5 Å². The average molecular weight is 265 g/mol. The van der Waals surface area contributed by atoms with E-state index in [2.05, 4.69) is 5.32 Å². The van der Waals surface area contributed by atoms with Crippen molar-refractivity contribution >= 4 is 5.91 Å². The molecule has 2 N–H and O–H groups in total. The minimum Gasteiger partial charge on any atom is -0.497 e. The zero-order valence-electron chi connectivity index (χ0n) is 11.9. The summed E-state index contributed by atoms with van der Waals surface area (Å²) in [6, 6.07) is 7.67. The molecule has 1 unspecified atom stereocenters. The number of aliphatic hydroxyl groups is 1. The summed E-state index contributed by atoms with van der Waals surface area (Å²) in [7, 11) is 1.63. The van der Waals surface area contributed by atoms with Gasteiger partial charge in [0.2, 0.25) is 5.91 Å². The number of carbonyl (C=O) groups excluding carboxylic acids is 1. The Bertz CT molecular complexity index is 398. The molecule has 0 aliphatic rings. The molecule has 106 valence electrons. The molecule has 0 fully saturated rings. The van der Waals surface area contributed by atoms with Crippen molar-refractivity contribution in [3.63, 3.8) is 0 Å². The first-order valence-electron chi connectivity index (χ1n) is 6.59. The molecule has 1 atom stereocenters. The molecule has 19 heavy (non-hydrogen) atoms. The zero-order valence-corrected chi connectivity index (χ0v) is 11.9. The van der Waals surface area contributed by atoms with Crippen LogP contribution in [-0.4, -0.2) is 30.3 Å². The SMILES string of the molecule is CCC(C)(O)CNC(=O)CCc1ccc(OC)cc1. The molecule has 1 amide bonds. The number of aryl methyl sites for hydroxylation is 1. The lowest BCUT2D eigenvalue weighted by molar-refractivity contribution is -0.122. The highest BCUT2D eigenvalue weighted by molar-refractivity contribution is 5.76. The summed E-state index contributed by atoms with van der Waals surface area (Å²) >= 11 is 0. The molecule has 4 nitrogen and oxygen atoms in total. The Morgan fingerprint density at radius 2 is 2.00 bits per heavy atom. The Kier molecular flexibility index (Phi) is 5.83. The third kappa shape index (κ3) is 5.75. The van der Waals surface area contributed by atoms with E-state index in [1.165, 1.54) is 0 Å². The molecule has 0 spiro atoms. The Morgan fingerprint density at radius 3 is 2.53 bits per heavy atom. The Morgan fingerprint density at radius 1 is 1.37 bits per heavy atom. The van der Waals surface area contributed by atoms with E-state index in [-0.39, 0.29) is 5.91 Å². The molecule has 1 aromatic carbocycles. The summed E-state index contributed by atoms with van der Waals surface area (Å²) in [6.07, 6.45) is 1.72. The number of amides is 1. The van der Waals surface area contributed by atoms with Crippen molar-refractivity contribution in [3.8, 4) is 5.75 Å². The van der Waals surface area contributed by atoms with Gasteiger partial charge >= 0.3 is 0 Å². The summed E-state index contributed by atoms with van der Waals surface area (Å²) in [6.45, 7) is 3.91. The lowest BCUT2D eigenvalue weighted by Gasteiger charge is -2.21. The monoisotopic (exact) mass is 265 g/mol. The van der Waals surface area contributed by atoms with E-state index in [4.69, 9.17) is 4.74 Å². The number of ether oxygens (including phenoxy) is 1. The van der Waals surface area contributed by atoms with Crippen molar-refractivity contribution in [1.29, 1.82) is 0 Å². The van der Waals surface area contributed by atoms with Crippen LogP contribution in [0.4, 0.5) is 0 Å². The van der Waals surface area contributed by atoms with Gasteiger partial charge in [0, 0.05) is 13.0 Å². The van der Waals surface area contributed by atoms with Crippen LogP contribution >= 0.6 is 0 Å². The average Bonchev–Trinajstić information content (AvgIpc) is 2.43. The van der Waals surface area contributed by atoms with Crippen LogP contribution in [0.15, 0.2) is 24.3 Å². The summed E-state index contributed by atoms with van der Waals surface area (Å²) in [5.74, 6) is 0.775. The van der Waals surface area contributed by atoms with Gasteiger partial charge in [-0.3, -0.25) is 4.79 Å². The fourth-order valence-corrected chi connectivity index (χ4v) is 1.55. The number of benzene rings is 1. The van der Waals surface area contributed by atoms with Gasteiger partial charge in [0.05, 0.1) is 12.7 Å². The maximum atomic E-state index is 11.7. The summed E-state index contributed by atoms with van der Waals surface area (Å²) in [5.41, 5.74) is 0.272. The van der Waals surface area contributed by atoms with Gasteiger partial charge < -0.3 is 15.2 Å². The number of rotatable bonds is 7. The van der Waals surface area contributed by atoms with Gasteiger partial charge in [0.15, 0.2) is 0 Å². The third-order valence-corrected chi connectivity index (χ3v) is 3.23. The van der Waals surface area contributed by atoms with Gasteiger partial charge in [-0.15, -0.1) is 0 Å². The van der Waals surface area contributed by atoms with E-state index in [1.807, 2.05) is 31.2 Å². The molecular weight excluding hydrogens is 242 g/mol. The van der Waals surface area contributed by atoms with E-state index >= 15 is 0 Å². The number of hydrogen-bond acceptors (Lipinski definition) is 3. The van der Waals surface area contributed by atoms with Crippen molar-refractivity contribution in [3.05, 3.63) is 29.8 Å². The van der Waals surface area contributed by atoms with Crippen LogP contribution in [0.2, 0.25) is 0 Å². The van der Waals surface area contributed by atoms with Crippen LogP contribution in [0.3, 0.4) is 0 Å². The Hall–Kier alpha value is -1.55. The fraction of sp³-hybridized carbons (Fsp3) is 0.533. The van der Waals surface area contributed by atoms with Crippen LogP contribution in [0.1, 0.15) is 32.3 Å². The molecule has 0 saturated heterocycles. The summed E-state index contributed by atoms with van der Waals surface area (Å²) in [5, 5.41) is 12.5. The lowest BCUT2D eigenvalue weighted by atomic mass is 10.0. The Labute approximate surface area is 114 Å². The molecular formula is C15H23NO3. The standard InChI is InChI=1S/C15H23NO3/c1-4-15(2,18)11-16-14(17)10-7-12-5-8-13(19-3)9-6-12/h5-6,8-9,18H,4,7,10-11H2,1-3H3,(H,16,17). The first kappa shape index (κ1) is 15.5. The molecule has 0 bridgehead atoms. The molecule has 0 saturated carbocycles. The topological polar surface area (TPSA) is 58.6 Å². The molecule has 0 aromatic heterocycles. The van der Waals surface area contributed by atoms with Crippen LogP contribution < -0.4 is 10.1 Å². The van der Waals surface area contributed by atoms with E-state index < -0.39 is 5.60 Å².